The fourth-order valence-electron chi connectivity index (χ4n) is 2.35. The summed E-state index contributed by atoms with van der Waals surface area (Å²) in [5, 5.41) is 2.13. The molecule has 0 bridgehead atoms. The molecule has 2 aromatic rings. The van der Waals surface area contributed by atoms with Gasteiger partial charge in [-0.25, -0.2) is 0 Å². The standard InChI is InChI=1S/C13H13NS/c14-12-7-6-9-10(12)3-1-4-11(9)13-5-2-8-15-13/h1-5,8,12H,6-7,14H2. The van der Waals surface area contributed by atoms with E-state index in [1.807, 2.05) is 0 Å². The predicted octanol–water partition coefficient (Wildman–Crippen LogP) is 3.36. The van der Waals surface area contributed by atoms with Crippen LogP contribution in [0, 0.1) is 0 Å². The number of fused-ring (bicyclic) bond motifs is 1. The summed E-state index contributed by atoms with van der Waals surface area (Å²) in [6.45, 7) is 0. The van der Waals surface area contributed by atoms with Crippen molar-refractivity contribution in [3.63, 3.8) is 0 Å². The van der Waals surface area contributed by atoms with Gasteiger partial charge in [0.15, 0.2) is 0 Å². The summed E-state index contributed by atoms with van der Waals surface area (Å²) >= 11 is 1.80. The summed E-state index contributed by atoms with van der Waals surface area (Å²) in [5.74, 6) is 0. The molecule has 2 N–H and O–H groups in total. The van der Waals surface area contributed by atoms with Crippen LogP contribution >= 0.6 is 11.3 Å². The van der Waals surface area contributed by atoms with Crippen LogP contribution in [-0.4, -0.2) is 0 Å². The second-order valence-corrected chi connectivity index (χ2v) is 4.94. The van der Waals surface area contributed by atoms with E-state index in [9.17, 15) is 0 Å². The molecule has 2 heteroatoms. The molecule has 1 aliphatic carbocycles. The van der Waals surface area contributed by atoms with E-state index < -0.39 is 0 Å². The van der Waals surface area contributed by atoms with E-state index in [1.54, 1.807) is 11.3 Å². The van der Waals surface area contributed by atoms with E-state index in [1.165, 1.54) is 21.6 Å². The molecule has 0 aliphatic heterocycles. The van der Waals surface area contributed by atoms with E-state index in [0.717, 1.165) is 12.8 Å². The van der Waals surface area contributed by atoms with Gasteiger partial charge in [-0.15, -0.1) is 11.3 Å². The minimum Gasteiger partial charge on any atom is -0.324 e. The SMILES string of the molecule is NC1CCc2c(-c3cccs3)cccc21. The van der Waals surface area contributed by atoms with Gasteiger partial charge in [0, 0.05) is 10.9 Å². The van der Waals surface area contributed by atoms with Crippen LogP contribution in [0.15, 0.2) is 35.7 Å². The third-order valence-electron chi connectivity index (χ3n) is 3.10. The zero-order valence-electron chi connectivity index (χ0n) is 8.44. The van der Waals surface area contributed by atoms with Gasteiger partial charge in [0.05, 0.1) is 0 Å². The molecule has 1 aliphatic rings. The first kappa shape index (κ1) is 9.13. The van der Waals surface area contributed by atoms with Crippen LogP contribution in [0.4, 0.5) is 0 Å². The molecule has 0 radical (unpaired) electrons. The Labute approximate surface area is 93.6 Å². The van der Waals surface area contributed by atoms with Crippen molar-refractivity contribution in [1.82, 2.24) is 0 Å². The minimum atomic E-state index is 0.250. The number of thiophene rings is 1. The summed E-state index contributed by atoms with van der Waals surface area (Å²) in [7, 11) is 0. The van der Waals surface area contributed by atoms with Crippen molar-refractivity contribution in [2.45, 2.75) is 18.9 Å². The van der Waals surface area contributed by atoms with Crippen LogP contribution < -0.4 is 5.73 Å². The highest BCUT2D eigenvalue weighted by atomic mass is 32.1. The lowest BCUT2D eigenvalue weighted by Crippen LogP contribution is -2.04. The molecule has 0 spiro atoms. The first-order valence-corrected chi connectivity index (χ1v) is 6.15. The van der Waals surface area contributed by atoms with Gasteiger partial charge in [0.2, 0.25) is 0 Å². The highest BCUT2D eigenvalue weighted by Gasteiger charge is 2.21. The smallest absolute Gasteiger partial charge is 0.0345 e. The van der Waals surface area contributed by atoms with Crippen LogP contribution in [0.2, 0.25) is 0 Å². The van der Waals surface area contributed by atoms with E-state index in [2.05, 4.69) is 35.7 Å². The first-order valence-electron chi connectivity index (χ1n) is 5.27. The molecule has 1 heterocycles. The lowest BCUT2D eigenvalue weighted by Gasteiger charge is -2.07. The average Bonchev–Trinajstić information content (AvgIpc) is 2.88. The zero-order chi connectivity index (χ0) is 10.3. The molecule has 0 fully saturated rings. The second-order valence-electron chi connectivity index (χ2n) is 4.00. The van der Waals surface area contributed by atoms with Crippen molar-refractivity contribution in [3.8, 4) is 10.4 Å². The predicted molar refractivity (Wildman–Crippen MR) is 65.0 cm³/mol. The number of benzene rings is 1. The van der Waals surface area contributed by atoms with Crippen LogP contribution in [0.3, 0.4) is 0 Å². The van der Waals surface area contributed by atoms with Crippen molar-refractivity contribution in [1.29, 1.82) is 0 Å². The number of rotatable bonds is 1. The van der Waals surface area contributed by atoms with Crippen LogP contribution in [0.25, 0.3) is 10.4 Å². The van der Waals surface area contributed by atoms with Gasteiger partial charge in [-0.05, 0) is 41.0 Å². The Kier molecular flexibility index (Phi) is 2.11. The highest BCUT2D eigenvalue weighted by molar-refractivity contribution is 7.13. The molecule has 15 heavy (non-hydrogen) atoms. The largest absolute Gasteiger partial charge is 0.324 e. The van der Waals surface area contributed by atoms with Crippen molar-refractivity contribution in [2.75, 3.05) is 0 Å². The third-order valence-corrected chi connectivity index (χ3v) is 4.01. The second kappa shape index (κ2) is 3.47. The Morgan fingerprint density at radius 1 is 1.20 bits per heavy atom. The summed E-state index contributed by atoms with van der Waals surface area (Å²) in [6, 6.07) is 11.0. The molecule has 1 unspecified atom stereocenters. The van der Waals surface area contributed by atoms with Gasteiger partial charge in [-0.1, -0.05) is 24.3 Å². The van der Waals surface area contributed by atoms with Gasteiger partial charge in [0.25, 0.3) is 0 Å². The Balaban J connectivity index is 2.18. The van der Waals surface area contributed by atoms with E-state index in [0.29, 0.717) is 0 Å². The van der Waals surface area contributed by atoms with Gasteiger partial charge in [0.1, 0.15) is 0 Å². The molecule has 1 aromatic heterocycles. The van der Waals surface area contributed by atoms with E-state index in [-0.39, 0.29) is 6.04 Å². The fourth-order valence-corrected chi connectivity index (χ4v) is 3.13. The summed E-state index contributed by atoms with van der Waals surface area (Å²) in [6.07, 6.45) is 2.22. The van der Waals surface area contributed by atoms with Crippen molar-refractivity contribution in [3.05, 3.63) is 46.8 Å². The molecular formula is C13H13NS. The summed E-state index contributed by atoms with van der Waals surface area (Å²) < 4.78 is 0. The van der Waals surface area contributed by atoms with Crippen molar-refractivity contribution >= 4 is 11.3 Å². The fraction of sp³-hybridized carbons (Fsp3) is 0.231. The molecule has 0 amide bonds. The molecule has 1 aromatic carbocycles. The van der Waals surface area contributed by atoms with Gasteiger partial charge in [-0.3, -0.25) is 0 Å². The average molecular weight is 215 g/mol. The molecule has 76 valence electrons. The van der Waals surface area contributed by atoms with Gasteiger partial charge < -0.3 is 5.73 Å². The summed E-state index contributed by atoms with van der Waals surface area (Å²) in [5.41, 5.74) is 10.3. The van der Waals surface area contributed by atoms with Crippen LogP contribution in [-0.2, 0) is 6.42 Å². The van der Waals surface area contributed by atoms with Crippen molar-refractivity contribution in [2.24, 2.45) is 5.73 Å². The minimum absolute atomic E-state index is 0.250. The maximum atomic E-state index is 6.07. The Bertz CT molecular complexity index is 473. The quantitative estimate of drug-likeness (QED) is 0.775. The number of nitrogens with two attached hydrogens (primary N) is 1. The summed E-state index contributed by atoms with van der Waals surface area (Å²) in [4.78, 5) is 1.36. The van der Waals surface area contributed by atoms with Crippen LogP contribution in [0.1, 0.15) is 23.6 Å². The molecule has 0 saturated heterocycles. The molecule has 0 saturated carbocycles. The maximum absolute atomic E-state index is 6.07. The molecule has 1 nitrogen and oxygen atoms in total. The Hall–Kier alpha value is -1.12. The van der Waals surface area contributed by atoms with Gasteiger partial charge in [-0.2, -0.15) is 0 Å². The Morgan fingerprint density at radius 3 is 2.93 bits per heavy atom. The normalized spacial score (nSPS) is 19.1. The Morgan fingerprint density at radius 2 is 2.13 bits per heavy atom. The maximum Gasteiger partial charge on any atom is 0.0345 e. The first-order chi connectivity index (χ1) is 7.36. The molecular weight excluding hydrogens is 202 g/mol. The zero-order valence-corrected chi connectivity index (χ0v) is 9.26. The highest BCUT2D eigenvalue weighted by Crippen LogP contribution is 2.37. The molecule has 3 rings (SSSR count). The molecule has 1 atom stereocenters. The van der Waals surface area contributed by atoms with Gasteiger partial charge >= 0.3 is 0 Å². The van der Waals surface area contributed by atoms with Crippen molar-refractivity contribution < 1.29 is 0 Å². The topological polar surface area (TPSA) is 26.0 Å². The number of hydrogen-bond donors (Lipinski definition) is 1. The lowest BCUT2D eigenvalue weighted by atomic mass is 10.0. The van der Waals surface area contributed by atoms with Crippen LogP contribution in [0.5, 0.6) is 0 Å². The monoisotopic (exact) mass is 215 g/mol. The third kappa shape index (κ3) is 1.41. The van der Waals surface area contributed by atoms with E-state index in [4.69, 9.17) is 5.73 Å². The number of hydrogen-bond acceptors (Lipinski definition) is 2. The van der Waals surface area contributed by atoms with E-state index >= 15 is 0 Å². The lowest BCUT2D eigenvalue weighted by molar-refractivity contribution is 0.713.